The summed E-state index contributed by atoms with van der Waals surface area (Å²) in [7, 11) is 0. The zero-order valence-corrected chi connectivity index (χ0v) is 13.6. The first-order valence-electron chi connectivity index (χ1n) is 7.64. The van der Waals surface area contributed by atoms with Gasteiger partial charge in [-0.2, -0.15) is 13.2 Å². The minimum absolute atomic E-state index is 0.0313. The Morgan fingerprint density at radius 3 is 2.50 bits per heavy atom. The highest BCUT2D eigenvalue weighted by Gasteiger charge is 2.27. The van der Waals surface area contributed by atoms with Crippen LogP contribution in [0.25, 0.3) is 11.0 Å². The second-order valence-corrected chi connectivity index (χ2v) is 5.67. The highest BCUT2D eigenvalue weighted by Crippen LogP contribution is 2.28. The third-order valence-corrected chi connectivity index (χ3v) is 3.76. The van der Waals surface area contributed by atoms with Crippen LogP contribution in [0.2, 0.25) is 0 Å². The van der Waals surface area contributed by atoms with E-state index in [2.05, 4.69) is 10.6 Å². The largest absolute Gasteiger partial charge is 0.451 e. The number of hydrogen-bond donors (Lipinski definition) is 2. The van der Waals surface area contributed by atoms with Crippen LogP contribution < -0.4 is 10.6 Å². The lowest BCUT2D eigenvalue weighted by Gasteiger charge is -2.14. The van der Waals surface area contributed by atoms with E-state index in [0.29, 0.717) is 16.5 Å². The van der Waals surface area contributed by atoms with Crippen molar-refractivity contribution < 1.29 is 26.8 Å². The summed E-state index contributed by atoms with van der Waals surface area (Å²) in [6.07, 6.45) is -4.39. The fraction of sp³-hybridized carbons (Fsp3) is 0.167. The van der Waals surface area contributed by atoms with Gasteiger partial charge in [0.25, 0.3) is 5.91 Å². The molecule has 0 atom stereocenters. The monoisotopic (exact) mass is 366 g/mol. The number of aryl methyl sites for hydroxylation is 1. The molecular weight excluding hydrogens is 352 g/mol. The normalized spacial score (nSPS) is 11.6. The number of amides is 1. The molecule has 4 nitrogen and oxygen atoms in total. The molecule has 136 valence electrons. The summed E-state index contributed by atoms with van der Waals surface area (Å²) < 4.78 is 56.1. The van der Waals surface area contributed by atoms with Gasteiger partial charge in [-0.3, -0.25) is 4.79 Å². The molecule has 0 fully saturated rings. The number of carbonyl (C=O) groups excluding carboxylic acids is 1. The van der Waals surface area contributed by atoms with Gasteiger partial charge in [-0.25, -0.2) is 4.39 Å². The number of para-hydroxylation sites is 2. The molecule has 26 heavy (non-hydrogen) atoms. The average molecular weight is 366 g/mol. The Morgan fingerprint density at radius 2 is 1.81 bits per heavy atom. The molecule has 1 amide bonds. The number of hydrogen-bond acceptors (Lipinski definition) is 3. The van der Waals surface area contributed by atoms with E-state index in [1.807, 2.05) is 0 Å². The van der Waals surface area contributed by atoms with Gasteiger partial charge in [0.2, 0.25) is 0 Å². The molecule has 0 unspecified atom stereocenters. The van der Waals surface area contributed by atoms with Crippen LogP contribution in [0.1, 0.15) is 16.1 Å². The predicted octanol–water partition coefficient (Wildman–Crippen LogP) is 5.11. The quantitative estimate of drug-likeness (QED) is 0.631. The standard InChI is InChI=1S/C18H14F4N2O2/c1-10-12-8-11(19)6-7-15(12)26-16(10)17(25)24-14-5-3-2-4-13(14)23-9-18(20,21)22/h2-8,23H,9H2,1H3,(H,24,25). The number of nitrogens with one attached hydrogen (secondary N) is 2. The zero-order valence-electron chi connectivity index (χ0n) is 13.6. The Morgan fingerprint density at radius 1 is 1.12 bits per heavy atom. The van der Waals surface area contributed by atoms with Crippen molar-refractivity contribution in [1.29, 1.82) is 0 Å². The molecule has 3 rings (SSSR count). The van der Waals surface area contributed by atoms with Gasteiger partial charge in [-0.1, -0.05) is 12.1 Å². The molecule has 0 aliphatic carbocycles. The molecule has 0 aliphatic rings. The summed E-state index contributed by atoms with van der Waals surface area (Å²) in [5, 5.41) is 5.22. The number of carbonyl (C=O) groups is 1. The van der Waals surface area contributed by atoms with Gasteiger partial charge >= 0.3 is 6.18 Å². The van der Waals surface area contributed by atoms with Crippen molar-refractivity contribution in [1.82, 2.24) is 0 Å². The van der Waals surface area contributed by atoms with Gasteiger partial charge in [0.15, 0.2) is 5.76 Å². The number of benzene rings is 2. The first-order chi connectivity index (χ1) is 12.2. The summed E-state index contributed by atoms with van der Waals surface area (Å²) >= 11 is 0. The first kappa shape index (κ1) is 17.8. The molecule has 8 heteroatoms. The van der Waals surface area contributed by atoms with Crippen molar-refractivity contribution in [3.05, 3.63) is 59.6 Å². The van der Waals surface area contributed by atoms with Crippen molar-refractivity contribution >= 4 is 28.3 Å². The zero-order chi connectivity index (χ0) is 18.9. The van der Waals surface area contributed by atoms with E-state index in [1.54, 1.807) is 19.1 Å². The number of furan rings is 1. The van der Waals surface area contributed by atoms with Crippen molar-refractivity contribution in [3.63, 3.8) is 0 Å². The third-order valence-electron chi connectivity index (χ3n) is 3.76. The number of rotatable bonds is 4. The Hall–Kier alpha value is -3.03. The van der Waals surface area contributed by atoms with E-state index in [-0.39, 0.29) is 17.1 Å². The second-order valence-electron chi connectivity index (χ2n) is 5.67. The van der Waals surface area contributed by atoms with Crippen molar-refractivity contribution in [2.24, 2.45) is 0 Å². The number of anilines is 2. The van der Waals surface area contributed by atoms with Gasteiger partial charge in [0, 0.05) is 10.9 Å². The highest BCUT2D eigenvalue weighted by molar-refractivity contribution is 6.07. The molecular formula is C18H14F4N2O2. The Bertz CT molecular complexity index is 963. The molecule has 2 N–H and O–H groups in total. The summed E-state index contributed by atoms with van der Waals surface area (Å²) in [5.41, 5.74) is 1.08. The van der Waals surface area contributed by atoms with Crippen LogP contribution in [-0.4, -0.2) is 18.6 Å². The number of halogens is 4. The maximum atomic E-state index is 13.4. The second kappa shape index (κ2) is 6.70. The SMILES string of the molecule is Cc1c(C(=O)Nc2ccccc2NCC(F)(F)F)oc2ccc(F)cc12. The lowest BCUT2D eigenvalue weighted by atomic mass is 10.1. The summed E-state index contributed by atoms with van der Waals surface area (Å²) in [6.45, 7) is 0.372. The molecule has 2 aromatic carbocycles. The fourth-order valence-electron chi connectivity index (χ4n) is 2.53. The Balaban J connectivity index is 1.86. The fourth-order valence-corrected chi connectivity index (χ4v) is 2.53. The van der Waals surface area contributed by atoms with E-state index in [0.717, 1.165) is 0 Å². The van der Waals surface area contributed by atoms with Crippen LogP contribution in [0.15, 0.2) is 46.9 Å². The van der Waals surface area contributed by atoms with Gasteiger partial charge in [-0.05, 0) is 37.3 Å². The Kier molecular flexibility index (Phi) is 4.58. The van der Waals surface area contributed by atoms with Crippen LogP contribution in [0.4, 0.5) is 28.9 Å². The predicted molar refractivity (Wildman–Crippen MR) is 89.8 cm³/mol. The maximum Gasteiger partial charge on any atom is 0.405 e. The third kappa shape index (κ3) is 3.79. The van der Waals surface area contributed by atoms with E-state index >= 15 is 0 Å². The van der Waals surface area contributed by atoms with E-state index < -0.39 is 24.4 Å². The molecule has 1 heterocycles. The molecule has 0 radical (unpaired) electrons. The van der Waals surface area contributed by atoms with E-state index in [9.17, 15) is 22.4 Å². The van der Waals surface area contributed by atoms with Gasteiger partial charge < -0.3 is 15.1 Å². The molecule has 0 saturated heterocycles. The Labute approximate surface area is 145 Å². The summed E-state index contributed by atoms with van der Waals surface area (Å²) in [4.78, 5) is 12.5. The number of fused-ring (bicyclic) bond motifs is 1. The molecule has 0 spiro atoms. The maximum absolute atomic E-state index is 13.4. The summed E-state index contributed by atoms with van der Waals surface area (Å²) in [6, 6.07) is 9.88. The van der Waals surface area contributed by atoms with E-state index in [4.69, 9.17) is 4.42 Å². The van der Waals surface area contributed by atoms with Gasteiger partial charge in [0.1, 0.15) is 17.9 Å². The topological polar surface area (TPSA) is 54.3 Å². The minimum atomic E-state index is -4.39. The van der Waals surface area contributed by atoms with Crippen molar-refractivity contribution in [2.45, 2.75) is 13.1 Å². The minimum Gasteiger partial charge on any atom is -0.451 e. The molecule has 0 saturated carbocycles. The lowest BCUT2D eigenvalue weighted by molar-refractivity contribution is -0.115. The average Bonchev–Trinajstić information content (AvgIpc) is 2.90. The first-order valence-corrected chi connectivity index (χ1v) is 7.64. The van der Waals surface area contributed by atoms with Crippen molar-refractivity contribution in [3.8, 4) is 0 Å². The molecule has 1 aromatic heterocycles. The van der Waals surface area contributed by atoms with Crippen molar-refractivity contribution in [2.75, 3.05) is 17.2 Å². The highest BCUT2D eigenvalue weighted by atomic mass is 19.4. The van der Waals surface area contributed by atoms with Crippen LogP contribution in [0.5, 0.6) is 0 Å². The molecule has 0 bridgehead atoms. The van der Waals surface area contributed by atoms with Crippen LogP contribution in [-0.2, 0) is 0 Å². The van der Waals surface area contributed by atoms with Gasteiger partial charge in [0.05, 0.1) is 11.4 Å². The van der Waals surface area contributed by atoms with E-state index in [1.165, 1.54) is 30.3 Å². The van der Waals surface area contributed by atoms with Crippen LogP contribution in [0.3, 0.4) is 0 Å². The molecule has 3 aromatic rings. The van der Waals surface area contributed by atoms with Gasteiger partial charge in [-0.15, -0.1) is 0 Å². The lowest BCUT2D eigenvalue weighted by Crippen LogP contribution is -2.22. The molecule has 0 aliphatic heterocycles. The smallest absolute Gasteiger partial charge is 0.405 e. The number of alkyl halides is 3. The van der Waals surface area contributed by atoms with Crippen LogP contribution in [0, 0.1) is 12.7 Å². The van der Waals surface area contributed by atoms with Crippen LogP contribution >= 0.6 is 0 Å². The summed E-state index contributed by atoms with van der Waals surface area (Å²) in [5.74, 6) is -1.13.